The van der Waals surface area contributed by atoms with Crippen LogP contribution >= 0.6 is 0 Å². The number of nitrogens with one attached hydrogen (secondary N) is 1. The molecule has 1 amide bonds. The molecule has 0 radical (unpaired) electrons. The summed E-state index contributed by atoms with van der Waals surface area (Å²) in [6, 6.07) is 5.79. The molecule has 7 heteroatoms. The Morgan fingerprint density at radius 2 is 1.96 bits per heavy atom. The van der Waals surface area contributed by atoms with E-state index < -0.39 is 11.6 Å². The zero-order chi connectivity index (χ0) is 18.2. The van der Waals surface area contributed by atoms with E-state index in [0.717, 1.165) is 23.9 Å². The monoisotopic (exact) mass is 345 g/mol. The van der Waals surface area contributed by atoms with Crippen molar-refractivity contribution in [3.05, 3.63) is 29.6 Å². The number of carbonyl (C=O) groups excluding carboxylic acids is 1. The fourth-order valence-electron chi connectivity index (χ4n) is 3.10. The number of likely N-dealkylation sites (tertiary alicyclic amines) is 1. The molecule has 25 heavy (non-hydrogen) atoms. The minimum atomic E-state index is -1.07. The van der Waals surface area contributed by atoms with Crippen LogP contribution in [0.5, 0.6) is 0 Å². The third-order valence-corrected chi connectivity index (χ3v) is 4.33. The molecule has 2 N–H and O–H groups in total. The molecule has 0 saturated carbocycles. The van der Waals surface area contributed by atoms with Gasteiger partial charge in [0.25, 0.3) is 0 Å². The van der Waals surface area contributed by atoms with Gasteiger partial charge in [0.05, 0.1) is 11.0 Å². The lowest BCUT2D eigenvalue weighted by Crippen LogP contribution is -2.41. The smallest absolute Gasteiger partial charge is 0.410 e. The molecule has 3 rings (SSSR count). The number of amides is 1. The standard InChI is InChI=1S/C18H23N3O4/c1-18(2,3)25-17(24)21-8-6-11(7-9-21)12-4-5-13-14(10-12)20-15(19-13)16(22)23/h4-5,10-11H,6-9H2,1-3H3,(H,19,20)(H,22,23). The summed E-state index contributed by atoms with van der Waals surface area (Å²) < 4.78 is 5.42. The van der Waals surface area contributed by atoms with Crippen molar-refractivity contribution in [2.24, 2.45) is 0 Å². The molecule has 2 heterocycles. The van der Waals surface area contributed by atoms with Gasteiger partial charge in [-0.2, -0.15) is 0 Å². The fourth-order valence-corrected chi connectivity index (χ4v) is 3.10. The molecule has 0 bridgehead atoms. The number of hydrogen-bond acceptors (Lipinski definition) is 4. The second-order valence-electron chi connectivity index (χ2n) is 7.41. The highest BCUT2D eigenvalue weighted by atomic mass is 16.6. The number of carboxylic acid groups (broad SMARTS) is 1. The number of fused-ring (bicyclic) bond motifs is 1. The number of hydrogen-bond donors (Lipinski definition) is 2. The number of aromatic nitrogens is 2. The van der Waals surface area contributed by atoms with E-state index in [4.69, 9.17) is 9.84 Å². The molecule has 0 aliphatic carbocycles. The van der Waals surface area contributed by atoms with E-state index in [1.54, 1.807) is 4.90 Å². The van der Waals surface area contributed by atoms with Gasteiger partial charge in [0.15, 0.2) is 0 Å². The first-order valence-electron chi connectivity index (χ1n) is 8.44. The average Bonchev–Trinajstić information content (AvgIpc) is 2.97. The molecule has 0 unspecified atom stereocenters. The maximum absolute atomic E-state index is 12.1. The molecule has 1 aliphatic heterocycles. The summed E-state index contributed by atoms with van der Waals surface area (Å²) >= 11 is 0. The van der Waals surface area contributed by atoms with Gasteiger partial charge in [0, 0.05) is 13.1 Å². The number of nitrogens with zero attached hydrogens (tertiary/aromatic N) is 2. The topological polar surface area (TPSA) is 95.5 Å². The third kappa shape index (κ3) is 3.92. The van der Waals surface area contributed by atoms with Crippen molar-refractivity contribution >= 4 is 23.1 Å². The molecule has 134 valence electrons. The Morgan fingerprint density at radius 1 is 1.28 bits per heavy atom. The molecule has 0 spiro atoms. The summed E-state index contributed by atoms with van der Waals surface area (Å²) in [7, 11) is 0. The Kier molecular flexibility index (Phi) is 4.41. The van der Waals surface area contributed by atoms with Crippen LogP contribution in [0.15, 0.2) is 18.2 Å². The van der Waals surface area contributed by atoms with Crippen LogP contribution in [0.4, 0.5) is 4.79 Å². The van der Waals surface area contributed by atoms with Gasteiger partial charge in [-0.3, -0.25) is 0 Å². The Balaban J connectivity index is 1.67. The highest BCUT2D eigenvalue weighted by Gasteiger charge is 2.27. The van der Waals surface area contributed by atoms with Crippen molar-refractivity contribution < 1.29 is 19.4 Å². The third-order valence-electron chi connectivity index (χ3n) is 4.33. The quantitative estimate of drug-likeness (QED) is 0.870. The second-order valence-corrected chi connectivity index (χ2v) is 7.41. The van der Waals surface area contributed by atoms with E-state index in [0.29, 0.717) is 24.5 Å². The van der Waals surface area contributed by atoms with Crippen LogP contribution < -0.4 is 0 Å². The molecule has 1 aromatic carbocycles. The Bertz CT molecular complexity index is 798. The number of carbonyl (C=O) groups is 2. The van der Waals surface area contributed by atoms with Crippen LogP contribution in [-0.2, 0) is 4.74 Å². The summed E-state index contributed by atoms with van der Waals surface area (Å²) in [5, 5.41) is 9.02. The lowest BCUT2D eigenvalue weighted by molar-refractivity contribution is 0.0204. The fraction of sp³-hybridized carbons (Fsp3) is 0.500. The maximum Gasteiger partial charge on any atom is 0.410 e. The molecule has 7 nitrogen and oxygen atoms in total. The van der Waals surface area contributed by atoms with E-state index in [-0.39, 0.29) is 11.9 Å². The highest BCUT2D eigenvalue weighted by Crippen LogP contribution is 2.30. The van der Waals surface area contributed by atoms with Crippen molar-refractivity contribution in [3.63, 3.8) is 0 Å². The van der Waals surface area contributed by atoms with Gasteiger partial charge in [-0.05, 0) is 57.2 Å². The summed E-state index contributed by atoms with van der Waals surface area (Å²) in [5.74, 6) is -0.782. The number of piperidine rings is 1. The molecule has 2 aromatic rings. The Hall–Kier alpha value is -2.57. The van der Waals surface area contributed by atoms with Gasteiger partial charge in [0.2, 0.25) is 5.82 Å². The first kappa shape index (κ1) is 17.3. The summed E-state index contributed by atoms with van der Waals surface area (Å²) in [5.41, 5.74) is 2.02. The number of ether oxygens (including phenoxy) is 1. The van der Waals surface area contributed by atoms with Crippen LogP contribution in [-0.4, -0.2) is 50.7 Å². The Labute approximate surface area is 146 Å². The largest absolute Gasteiger partial charge is 0.475 e. The van der Waals surface area contributed by atoms with Gasteiger partial charge in [-0.25, -0.2) is 14.6 Å². The average molecular weight is 345 g/mol. The van der Waals surface area contributed by atoms with Crippen LogP contribution in [0.25, 0.3) is 11.0 Å². The molecule has 1 fully saturated rings. The van der Waals surface area contributed by atoms with Crippen LogP contribution in [0, 0.1) is 0 Å². The molecule has 1 saturated heterocycles. The first-order valence-corrected chi connectivity index (χ1v) is 8.44. The summed E-state index contributed by atoms with van der Waals surface area (Å²) in [6.45, 7) is 6.90. The lowest BCUT2D eigenvalue weighted by Gasteiger charge is -2.33. The predicted octanol–water partition coefficient (Wildman–Crippen LogP) is 3.38. The van der Waals surface area contributed by atoms with Gasteiger partial charge >= 0.3 is 12.1 Å². The van der Waals surface area contributed by atoms with Gasteiger partial charge in [-0.1, -0.05) is 6.07 Å². The van der Waals surface area contributed by atoms with E-state index in [1.165, 1.54) is 0 Å². The van der Waals surface area contributed by atoms with Crippen molar-refractivity contribution in [1.82, 2.24) is 14.9 Å². The van der Waals surface area contributed by atoms with E-state index in [9.17, 15) is 9.59 Å². The number of aromatic amines is 1. The summed E-state index contributed by atoms with van der Waals surface area (Å²) in [6.07, 6.45) is 1.44. The van der Waals surface area contributed by atoms with Crippen molar-refractivity contribution in [2.75, 3.05) is 13.1 Å². The zero-order valence-electron chi connectivity index (χ0n) is 14.7. The second kappa shape index (κ2) is 6.38. The number of carboxylic acids is 1. The highest BCUT2D eigenvalue weighted by molar-refractivity contribution is 5.89. The predicted molar refractivity (Wildman–Crippen MR) is 92.8 cm³/mol. The van der Waals surface area contributed by atoms with Crippen LogP contribution in [0.3, 0.4) is 0 Å². The van der Waals surface area contributed by atoms with Crippen molar-refractivity contribution in [3.8, 4) is 0 Å². The molecule has 1 aromatic heterocycles. The number of rotatable bonds is 2. The summed E-state index contributed by atoms with van der Waals surface area (Å²) in [4.78, 5) is 31.8. The van der Waals surface area contributed by atoms with Gasteiger partial charge in [0.1, 0.15) is 5.60 Å². The normalized spacial score (nSPS) is 16.2. The zero-order valence-corrected chi connectivity index (χ0v) is 14.7. The van der Waals surface area contributed by atoms with Crippen molar-refractivity contribution in [2.45, 2.75) is 45.1 Å². The van der Waals surface area contributed by atoms with Crippen molar-refractivity contribution in [1.29, 1.82) is 0 Å². The molecular weight excluding hydrogens is 322 g/mol. The lowest BCUT2D eigenvalue weighted by atomic mass is 9.89. The molecule has 1 aliphatic rings. The van der Waals surface area contributed by atoms with Crippen LogP contribution in [0.2, 0.25) is 0 Å². The molecular formula is C18H23N3O4. The van der Waals surface area contributed by atoms with E-state index >= 15 is 0 Å². The van der Waals surface area contributed by atoms with Crippen LogP contribution in [0.1, 0.15) is 55.7 Å². The maximum atomic E-state index is 12.1. The SMILES string of the molecule is CC(C)(C)OC(=O)N1CCC(c2ccc3nc(C(=O)O)[nH]c3c2)CC1. The minimum absolute atomic E-state index is 0.0492. The Morgan fingerprint density at radius 3 is 2.56 bits per heavy atom. The van der Waals surface area contributed by atoms with E-state index in [1.807, 2.05) is 39.0 Å². The minimum Gasteiger partial charge on any atom is -0.475 e. The number of imidazole rings is 1. The number of H-pyrrole nitrogens is 1. The van der Waals surface area contributed by atoms with Gasteiger partial charge < -0.3 is 19.7 Å². The molecule has 0 atom stereocenters. The van der Waals surface area contributed by atoms with Gasteiger partial charge in [-0.15, -0.1) is 0 Å². The van der Waals surface area contributed by atoms with E-state index in [2.05, 4.69) is 9.97 Å². The first-order chi connectivity index (χ1) is 11.7. The number of aromatic carboxylic acids is 1. The number of benzene rings is 1.